The summed E-state index contributed by atoms with van der Waals surface area (Å²) in [5.41, 5.74) is 3.00. The number of hydrogen-bond donors (Lipinski definition) is 1. The van der Waals surface area contributed by atoms with Gasteiger partial charge >= 0.3 is 0 Å². The van der Waals surface area contributed by atoms with Crippen molar-refractivity contribution in [2.75, 3.05) is 6.54 Å². The van der Waals surface area contributed by atoms with Gasteiger partial charge in [0, 0.05) is 49.4 Å². The van der Waals surface area contributed by atoms with Crippen LogP contribution < -0.4 is 15.0 Å². The van der Waals surface area contributed by atoms with Crippen molar-refractivity contribution in [3.63, 3.8) is 0 Å². The Kier molecular flexibility index (Phi) is 7.78. The number of pyridine rings is 1. The number of likely N-dealkylation sites (tertiary alicyclic amines) is 1. The van der Waals surface area contributed by atoms with E-state index in [4.69, 9.17) is 9.47 Å². The highest BCUT2D eigenvalue weighted by Crippen LogP contribution is 2.42. The smallest absolute Gasteiger partial charge is 0.254 e. The minimum atomic E-state index is -1.07. The molecule has 0 unspecified atom stereocenters. The summed E-state index contributed by atoms with van der Waals surface area (Å²) in [5.74, 6) is 2.16. The fourth-order valence-corrected chi connectivity index (χ4v) is 5.90. The van der Waals surface area contributed by atoms with Gasteiger partial charge in [-0.25, -0.2) is 0 Å². The van der Waals surface area contributed by atoms with Crippen LogP contribution in [0.15, 0.2) is 53.5 Å². The summed E-state index contributed by atoms with van der Waals surface area (Å²) in [6, 6.07) is 13.5. The van der Waals surface area contributed by atoms with Crippen LogP contribution in [0.1, 0.15) is 69.1 Å². The molecule has 0 radical (unpaired) electrons. The Hall–Kier alpha value is -3.58. The Labute approximate surface area is 236 Å². The van der Waals surface area contributed by atoms with E-state index in [9.17, 15) is 14.7 Å². The minimum absolute atomic E-state index is 0.0553. The molecule has 2 heterocycles. The first-order chi connectivity index (χ1) is 19.0. The molecular weight excluding hydrogens is 504 g/mol. The molecule has 7 heteroatoms. The number of rotatable bonds is 7. The highest BCUT2D eigenvalue weighted by molar-refractivity contribution is 5.78. The molecule has 1 aromatic heterocycles. The van der Waals surface area contributed by atoms with Gasteiger partial charge in [-0.05, 0) is 88.6 Å². The molecule has 2 aromatic carbocycles. The van der Waals surface area contributed by atoms with Crippen LogP contribution >= 0.6 is 0 Å². The highest BCUT2D eigenvalue weighted by atomic mass is 16.5. The monoisotopic (exact) mass is 544 g/mol. The number of carbonyl (C=O) groups is 1. The van der Waals surface area contributed by atoms with Gasteiger partial charge in [0.15, 0.2) is 0 Å². The summed E-state index contributed by atoms with van der Waals surface area (Å²) < 4.78 is 14.6. The third-order valence-corrected chi connectivity index (χ3v) is 8.28. The van der Waals surface area contributed by atoms with E-state index in [1.807, 2.05) is 55.1 Å². The average Bonchev–Trinajstić information content (AvgIpc) is 3.34. The second kappa shape index (κ2) is 11.1. The van der Waals surface area contributed by atoms with Crippen LogP contribution in [-0.4, -0.2) is 39.2 Å². The third-order valence-electron chi connectivity index (χ3n) is 8.28. The number of aromatic nitrogens is 1. The molecule has 7 nitrogen and oxygen atoms in total. The summed E-state index contributed by atoms with van der Waals surface area (Å²) in [5, 5.41) is 10.8. The number of carbonyl (C=O) groups excluding carboxylic acids is 1. The average molecular weight is 545 g/mol. The molecule has 0 spiro atoms. The molecule has 1 aliphatic carbocycles. The quantitative estimate of drug-likeness (QED) is 0.395. The maximum absolute atomic E-state index is 12.8. The van der Waals surface area contributed by atoms with Crippen LogP contribution in [0.4, 0.5) is 0 Å². The third kappa shape index (κ3) is 5.80. The number of ether oxygens (including phenoxy) is 2. The summed E-state index contributed by atoms with van der Waals surface area (Å²) in [7, 11) is 1.72. The zero-order valence-corrected chi connectivity index (χ0v) is 24.2. The summed E-state index contributed by atoms with van der Waals surface area (Å²) >= 11 is 0. The van der Waals surface area contributed by atoms with Crippen molar-refractivity contribution in [3.8, 4) is 28.4 Å². The van der Waals surface area contributed by atoms with Crippen LogP contribution in [0.3, 0.4) is 0 Å². The lowest BCUT2D eigenvalue weighted by Crippen LogP contribution is -2.40. The van der Waals surface area contributed by atoms with Crippen LogP contribution in [0.25, 0.3) is 11.1 Å². The number of benzene rings is 2. The van der Waals surface area contributed by atoms with Crippen molar-refractivity contribution in [1.82, 2.24) is 9.47 Å². The van der Waals surface area contributed by atoms with Crippen molar-refractivity contribution in [2.45, 2.75) is 84.0 Å². The number of hydrogen-bond acceptors (Lipinski definition) is 5. The number of para-hydroxylation sites is 1. The van der Waals surface area contributed by atoms with E-state index >= 15 is 0 Å². The van der Waals surface area contributed by atoms with E-state index in [1.54, 1.807) is 33.2 Å². The SMILES string of the molecule is Cc1cccc(C)c1Oc1ccc(C(C)(C)O)cc1-c1cn(C)c(=O)cc1OC1CCC(N2CCCC2=O)CC1. The van der Waals surface area contributed by atoms with Crippen LogP contribution in [0.2, 0.25) is 0 Å². The Morgan fingerprint density at radius 1 is 0.925 bits per heavy atom. The topological polar surface area (TPSA) is 81.0 Å². The Bertz CT molecular complexity index is 1440. The first-order valence-corrected chi connectivity index (χ1v) is 14.3. The Balaban J connectivity index is 1.51. The van der Waals surface area contributed by atoms with Crippen LogP contribution in [-0.2, 0) is 17.4 Å². The van der Waals surface area contributed by atoms with Gasteiger partial charge in [0.2, 0.25) is 5.91 Å². The lowest BCUT2D eigenvalue weighted by molar-refractivity contribution is -0.130. The fourth-order valence-electron chi connectivity index (χ4n) is 5.90. The maximum Gasteiger partial charge on any atom is 0.254 e. The normalized spacial score (nSPS) is 19.6. The van der Waals surface area contributed by atoms with Crippen molar-refractivity contribution >= 4 is 5.91 Å². The highest BCUT2D eigenvalue weighted by Gasteiger charge is 2.32. The van der Waals surface area contributed by atoms with Crippen LogP contribution in [0.5, 0.6) is 17.2 Å². The first kappa shape index (κ1) is 28.0. The molecule has 0 atom stereocenters. The maximum atomic E-state index is 12.8. The second-order valence-corrected chi connectivity index (χ2v) is 11.8. The van der Waals surface area contributed by atoms with Gasteiger partial charge in [-0.2, -0.15) is 0 Å². The van der Waals surface area contributed by atoms with Gasteiger partial charge in [-0.1, -0.05) is 24.3 Å². The molecule has 1 saturated carbocycles. The largest absolute Gasteiger partial charge is 0.490 e. The van der Waals surface area contributed by atoms with E-state index in [1.165, 1.54) is 4.57 Å². The molecule has 2 aliphatic rings. The minimum Gasteiger partial charge on any atom is -0.490 e. The standard InChI is InChI=1S/C33H40N2O5/c1-21-8-6-9-22(2)32(21)40-28-16-11-23(33(3,4)38)18-26(28)27-20-34(5)31(37)19-29(27)39-25-14-12-24(13-15-25)35-17-7-10-30(35)36/h6,8-9,11,16,18-20,24-25,38H,7,10,12-15,17H2,1-5H3. The molecule has 0 bridgehead atoms. The van der Waals surface area contributed by atoms with E-state index < -0.39 is 5.60 Å². The van der Waals surface area contributed by atoms with Crippen molar-refractivity contribution in [1.29, 1.82) is 0 Å². The Morgan fingerprint density at radius 2 is 1.62 bits per heavy atom. The van der Waals surface area contributed by atoms with E-state index in [0.29, 0.717) is 17.9 Å². The molecular formula is C33H40N2O5. The number of aliphatic hydroxyl groups is 1. The van der Waals surface area contributed by atoms with Crippen molar-refractivity contribution < 1.29 is 19.4 Å². The predicted octanol–water partition coefficient (Wildman–Crippen LogP) is 6.00. The molecule has 2 fully saturated rings. The first-order valence-electron chi connectivity index (χ1n) is 14.3. The van der Waals surface area contributed by atoms with Gasteiger partial charge in [-0.15, -0.1) is 0 Å². The van der Waals surface area contributed by atoms with Gasteiger partial charge in [0.25, 0.3) is 5.56 Å². The Morgan fingerprint density at radius 3 is 2.25 bits per heavy atom. The second-order valence-electron chi connectivity index (χ2n) is 11.8. The van der Waals surface area contributed by atoms with Gasteiger partial charge in [0.05, 0.1) is 11.7 Å². The van der Waals surface area contributed by atoms with Gasteiger partial charge in [-0.3, -0.25) is 9.59 Å². The lowest BCUT2D eigenvalue weighted by atomic mass is 9.91. The molecule has 1 saturated heterocycles. The fraction of sp³-hybridized carbons (Fsp3) is 0.455. The number of nitrogens with zero attached hydrogens (tertiary/aromatic N) is 2. The van der Waals surface area contributed by atoms with E-state index in [0.717, 1.165) is 72.2 Å². The van der Waals surface area contributed by atoms with Crippen molar-refractivity contribution in [2.24, 2.45) is 7.05 Å². The summed E-state index contributed by atoms with van der Waals surface area (Å²) in [6.07, 6.45) is 6.76. The molecule has 3 aromatic rings. The summed E-state index contributed by atoms with van der Waals surface area (Å²) in [4.78, 5) is 27.1. The zero-order chi connectivity index (χ0) is 28.6. The molecule has 1 N–H and O–H groups in total. The number of aryl methyl sites for hydroxylation is 3. The molecule has 40 heavy (non-hydrogen) atoms. The van der Waals surface area contributed by atoms with Gasteiger partial charge < -0.3 is 24.0 Å². The van der Waals surface area contributed by atoms with Crippen LogP contribution in [0, 0.1) is 13.8 Å². The molecule has 5 rings (SSSR count). The lowest BCUT2D eigenvalue weighted by Gasteiger charge is -2.35. The van der Waals surface area contributed by atoms with E-state index in [2.05, 4.69) is 0 Å². The zero-order valence-electron chi connectivity index (χ0n) is 24.2. The predicted molar refractivity (Wildman–Crippen MR) is 156 cm³/mol. The van der Waals surface area contributed by atoms with E-state index in [-0.39, 0.29) is 23.6 Å². The molecule has 212 valence electrons. The van der Waals surface area contributed by atoms with Crippen molar-refractivity contribution in [3.05, 3.63) is 75.7 Å². The summed E-state index contributed by atoms with van der Waals surface area (Å²) in [6.45, 7) is 8.38. The number of amides is 1. The van der Waals surface area contributed by atoms with Gasteiger partial charge in [0.1, 0.15) is 17.2 Å². The molecule has 1 aliphatic heterocycles. The molecule has 1 amide bonds.